The third kappa shape index (κ3) is 4.47. The standard InChI is InChI=1S/C54H32F2N4/c55-33-21-23-41-47(29-33)59-49-32-44-40-26-28-46(58(37-17-9-3-10-18-37)38-19-11-4-12-20-38)52-42-24-22-34(56)30-48(42)60(54(40)52)50(44)31-43(49)39-25-27-45(51(41)53(39)59)57(35-13-5-1-6-14-35)36-15-7-2-8-16-36/h1-32H. The first-order valence-corrected chi connectivity index (χ1v) is 20.2. The molecule has 13 aromatic rings. The van der Waals surface area contributed by atoms with Gasteiger partial charge in [0.05, 0.1) is 44.5 Å². The van der Waals surface area contributed by atoms with Gasteiger partial charge in [-0.05, 0) is 109 Å². The Labute approximate surface area is 342 Å². The molecule has 9 aromatic carbocycles. The lowest BCUT2D eigenvalue weighted by Gasteiger charge is -2.26. The maximum absolute atomic E-state index is 15.4. The molecule has 0 bridgehead atoms. The number of rotatable bonds is 6. The van der Waals surface area contributed by atoms with E-state index in [0.717, 1.165) is 110 Å². The summed E-state index contributed by atoms with van der Waals surface area (Å²) >= 11 is 0. The molecule has 4 aromatic heterocycles. The van der Waals surface area contributed by atoms with E-state index in [-0.39, 0.29) is 11.6 Å². The Kier molecular flexibility index (Phi) is 6.76. The summed E-state index contributed by atoms with van der Waals surface area (Å²) in [6.45, 7) is 0. The maximum atomic E-state index is 15.4. The zero-order valence-corrected chi connectivity index (χ0v) is 32.0. The molecule has 282 valence electrons. The molecule has 0 saturated heterocycles. The van der Waals surface area contributed by atoms with Gasteiger partial charge in [0.25, 0.3) is 0 Å². The highest BCUT2D eigenvalue weighted by molar-refractivity contribution is 6.32. The lowest BCUT2D eigenvalue weighted by molar-refractivity contribution is 0.629. The first kappa shape index (κ1) is 33.1. The first-order valence-electron chi connectivity index (χ1n) is 20.2. The van der Waals surface area contributed by atoms with Crippen LogP contribution in [0.4, 0.5) is 42.9 Å². The Morgan fingerprint density at radius 3 is 0.967 bits per heavy atom. The molecular weight excluding hydrogens is 743 g/mol. The average molecular weight is 775 g/mol. The van der Waals surface area contributed by atoms with Crippen LogP contribution in [0.25, 0.3) is 76.2 Å². The van der Waals surface area contributed by atoms with Crippen molar-refractivity contribution in [2.24, 2.45) is 0 Å². The van der Waals surface area contributed by atoms with Crippen LogP contribution in [0.2, 0.25) is 0 Å². The second kappa shape index (κ2) is 12.3. The molecule has 4 heterocycles. The van der Waals surface area contributed by atoms with Crippen LogP contribution in [-0.2, 0) is 0 Å². The van der Waals surface area contributed by atoms with Crippen LogP contribution in [0.5, 0.6) is 0 Å². The Hall–Kier alpha value is -7.96. The van der Waals surface area contributed by atoms with Crippen LogP contribution in [0.1, 0.15) is 0 Å². The summed E-state index contributed by atoms with van der Waals surface area (Å²) in [5.74, 6) is -0.573. The monoisotopic (exact) mass is 774 g/mol. The summed E-state index contributed by atoms with van der Waals surface area (Å²) in [6.07, 6.45) is 0. The fourth-order valence-corrected chi connectivity index (χ4v) is 10.0. The van der Waals surface area contributed by atoms with Gasteiger partial charge in [-0.25, -0.2) is 8.78 Å². The minimum atomic E-state index is -0.287. The number of fused-ring (bicyclic) bond motifs is 12. The van der Waals surface area contributed by atoms with Gasteiger partial charge in [0.2, 0.25) is 0 Å². The molecule has 6 heteroatoms. The lowest BCUT2D eigenvalue weighted by atomic mass is 10.0. The number of nitrogens with zero attached hydrogens (tertiary/aromatic N) is 4. The molecule has 13 rings (SSSR count). The van der Waals surface area contributed by atoms with Crippen molar-refractivity contribution < 1.29 is 8.78 Å². The number of hydrogen-bond acceptors (Lipinski definition) is 2. The van der Waals surface area contributed by atoms with Gasteiger partial charge in [0.1, 0.15) is 11.6 Å². The predicted molar refractivity (Wildman–Crippen MR) is 245 cm³/mol. The van der Waals surface area contributed by atoms with Crippen LogP contribution in [0.3, 0.4) is 0 Å². The third-order valence-corrected chi connectivity index (χ3v) is 12.4. The van der Waals surface area contributed by atoms with E-state index < -0.39 is 0 Å². The van der Waals surface area contributed by atoms with Crippen LogP contribution in [0, 0.1) is 11.6 Å². The molecule has 0 aliphatic heterocycles. The van der Waals surface area contributed by atoms with Gasteiger partial charge in [-0.3, -0.25) is 0 Å². The molecule has 0 atom stereocenters. The summed E-state index contributed by atoms with van der Waals surface area (Å²) in [5, 5.41) is 8.29. The van der Waals surface area contributed by atoms with Gasteiger partial charge in [0.15, 0.2) is 0 Å². The Balaban J connectivity index is 1.15. The Morgan fingerprint density at radius 2 is 0.617 bits per heavy atom. The number of hydrogen-bond donors (Lipinski definition) is 0. The van der Waals surface area contributed by atoms with Crippen molar-refractivity contribution in [1.29, 1.82) is 0 Å². The number of para-hydroxylation sites is 4. The number of halogens is 2. The fraction of sp³-hybridized carbons (Fsp3) is 0. The lowest BCUT2D eigenvalue weighted by Crippen LogP contribution is -2.10. The quantitative estimate of drug-likeness (QED) is 0.167. The van der Waals surface area contributed by atoms with Crippen molar-refractivity contribution in [2.75, 3.05) is 9.80 Å². The number of benzene rings is 9. The second-order valence-electron chi connectivity index (χ2n) is 15.6. The van der Waals surface area contributed by atoms with E-state index in [1.807, 2.05) is 36.4 Å². The summed E-state index contributed by atoms with van der Waals surface area (Å²) in [4.78, 5) is 4.57. The second-order valence-corrected chi connectivity index (χ2v) is 15.6. The van der Waals surface area contributed by atoms with E-state index in [2.05, 4.69) is 152 Å². The summed E-state index contributed by atoms with van der Waals surface area (Å²) in [7, 11) is 0. The number of anilines is 6. The maximum Gasteiger partial charge on any atom is 0.125 e. The van der Waals surface area contributed by atoms with E-state index in [1.165, 1.54) is 0 Å². The molecule has 0 radical (unpaired) electrons. The van der Waals surface area contributed by atoms with E-state index in [4.69, 9.17) is 0 Å². The molecule has 0 saturated carbocycles. The Morgan fingerprint density at radius 1 is 0.300 bits per heavy atom. The van der Waals surface area contributed by atoms with Crippen molar-refractivity contribution in [2.45, 2.75) is 0 Å². The zero-order valence-electron chi connectivity index (χ0n) is 32.0. The predicted octanol–water partition coefficient (Wildman–Crippen LogP) is 15.2. The highest BCUT2D eigenvalue weighted by Gasteiger charge is 2.28. The Bertz CT molecular complexity index is 3450. The SMILES string of the molecule is Fc1ccc2c3c(N(c4ccccc4)c4ccccc4)ccc4c5cc6c(cc5n(c2c1)c43)c1ccc(N(c2ccccc2)c2ccccc2)c2c3ccc(F)cc3n6c12. The minimum Gasteiger partial charge on any atom is -0.310 e. The summed E-state index contributed by atoms with van der Waals surface area (Å²) in [6, 6.07) is 65.2. The van der Waals surface area contributed by atoms with Crippen molar-refractivity contribution in [1.82, 2.24) is 8.80 Å². The normalized spacial score (nSPS) is 12.2. The van der Waals surface area contributed by atoms with Crippen molar-refractivity contribution in [3.8, 4) is 0 Å². The van der Waals surface area contributed by atoms with Crippen LogP contribution >= 0.6 is 0 Å². The molecule has 0 N–H and O–H groups in total. The van der Waals surface area contributed by atoms with Gasteiger partial charge in [-0.2, -0.15) is 0 Å². The molecule has 0 aliphatic rings. The van der Waals surface area contributed by atoms with Crippen molar-refractivity contribution >= 4 is 110 Å². The molecular formula is C54H32F2N4. The zero-order chi connectivity index (χ0) is 39.6. The van der Waals surface area contributed by atoms with Gasteiger partial charge >= 0.3 is 0 Å². The molecule has 60 heavy (non-hydrogen) atoms. The fourth-order valence-electron chi connectivity index (χ4n) is 10.0. The van der Waals surface area contributed by atoms with Crippen LogP contribution in [-0.4, -0.2) is 8.80 Å². The van der Waals surface area contributed by atoms with E-state index >= 15 is 8.78 Å². The molecule has 0 aliphatic carbocycles. The topological polar surface area (TPSA) is 15.3 Å². The van der Waals surface area contributed by atoms with E-state index in [1.54, 1.807) is 24.3 Å². The minimum absolute atomic E-state index is 0.287. The first-order chi connectivity index (χ1) is 29.6. The van der Waals surface area contributed by atoms with Gasteiger partial charge in [0, 0.05) is 65.8 Å². The molecule has 0 fully saturated rings. The highest BCUT2D eigenvalue weighted by Crippen LogP contribution is 2.51. The summed E-state index contributed by atoms with van der Waals surface area (Å²) < 4.78 is 35.4. The molecule has 0 unspecified atom stereocenters. The third-order valence-electron chi connectivity index (χ3n) is 12.4. The van der Waals surface area contributed by atoms with E-state index in [0.29, 0.717) is 0 Å². The molecule has 4 nitrogen and oxygen atoms in total. The van der Waals surface area contributed by atoms with E-state index in [9.17, 15) is 0 Å². The van der Waals surface area contributed by atoms with Crippen molar-refractivity contribution in [3.63, 3.8) is 0 Å². The highest BCUT2D eigenvalue weighted by atomic mass is 19.1. The molecule has 0 spiro atoms. The van der Waals surface area contributed by atoms with Crippen LogP contribution in [0.15, 0.2) is 194 Å². The summed E-state index contributed by atoms with van der Waals surface area (Å²) in [5.41, 5.74) is 11.8. The molecule has 0 amide bonds. The smallest absolute Gasteiger partial charge is 0.125 e. The van der Waals surface area contributed by atoms with Crippen molar-refractivity contribution in [3.05, 3.63) is 206 Å². The average Bonchev–Trinajstić information content (AvgIpc) is 4.01. The van der Waals surface area contributed by atoms with Crippen LogP contribution < -0.4 is 9.80 Å². The van der Waals surface area contributed by atoms with Gasteiger partial charge in [-0.15, -0.1) is 0 Å². The number of aromatic nitrogens is 2. The largest absolute Gasteiger partial charge is 0.310 e. The van der Waals surface area contributed by atoms with Gasteiger partial charge in [-0.1, -0.05) is 84.9 Å². The van der Waals surface area contributed by atoms with Gasteiger partial charge < -0.3 is 18.6 Å².